The first-order valence-electron chi connectivity index (χ1n) is 7.07. The molecule has 0 rings (SSSR count). The highest BCUT2D eigenvalue weighted by Crippen LogP contribution is 2.13. The highest BCUT2D eigenvalue weighted by Gasteiger charge is 2.35. The van der Waals surface area contributed by atoms with Gasteiger partial charge in [0.15, 0.2) is 5.25 Å². The molecule has 8 heteroatoms. The minimum absolute atomic E-state index is 0.517. The molecule has 0 heterocycles. The molecule has 7 nitrogen and oxygen atoms in total. The zero-order valence-corrected chi connectivity index (χ0v) is 13.3. The van der Waals surface area contributed by atoms with Gasteiger partial charge in [-0.15, -0.1) is 0 Å². The zero-order valence-electron chi connectivity index (χ0n) is 12.4. The average Bonchev–Trinajstić information content (AvgIpc) is 2.34. The maximum atomic E-state index is 11.6. The topological polar surface area (TPSA) is 118 Å². The molecule has 0 aliphatic rings. The van der Waals surface area contributed by atoms with E-state index < -0.39 is 39.8 Å². The maximum absolute atomic E-state index is 11.6. The minimum atomic E-state index is -4.79. The Morgan fingerprint density at radius 2 is 1.71 bits per heavy atom. The second kappa shape index (κ2) is 9.73. The van der Waals surface area contributed by atoms with E-state index in [9.17, 15) is 18.0 Å². The van der Waals surface area contributed by atoms with Crippen LogP contribution in [0.15, 0.2) is 0 Å². The number of aliphatic carboxylic acids is 1. The van der Waals surface area contributed by atoms with Gasteiger partial charge in [-0.2, -0.15) is 8.42 Å². The first-order valence-corrected chi connectivity index (χ1v) is 8.57. The van der Waals surface area contributed by atoms with E-state index in [1.54, 1.807) is 6.92 Å². The van der Waals surface area contributed by atoms with Crippen LogP contribution in [0.3, 0.4) is 0 Å². The van der Waals surface area contributed by atoms with Gasteiger partial charge >= 0.3 is 11.9 Å². The summed E-state index contributed by atoms with van der Waals surface area (Å²) in [5.74, 6) is -2.72. The van der Waals surface area contributed by atoms with Gasteiger partial charge in [-0.1, -0.05) is 32.6 Å². The van der Waals surface area contributed by atoms with Gasteiger partial charge < -0.3 is 9.84 Å². The van der Waals surface area contributed by atoms with Crippen molar-refractivity contribution in [2.75, 3.05) is 0 Å². The van der Waals surface area contributed by atoms with Crippen LogP contribution >= 0.6 is 0 Å². The fraction of sp³-hybridized carbons (Fsp3) is 0.846. The lowest BCUT2D eigenvalue weighted by atomic mass is 10.1. The number of hydrogen-bond acceptors (Lipinski definition) is 5. The Morgan fingerprint density at radius 1 is 1.14 bits per heavy atom. The smallest absolute Gasteiger partial charge is 0.327 e. The van der Waals surface area contributed by atoms with Crippen molar-refractivity contribution < 1.29 is 32.4 Å². The summed E-state index contributed by atoms with van der Waals surface area (Å²) in [6.07, 6.45) is 4.21. The van der Waals surface area contributed by atoms with Crippen LogP contribution < -0.4 is 0 Å². The number of unbranched alkanes of at least 4 members (excludes halogenated alkanes) is 4. The highest BCUT2D eigenvalue weighted by molar-refractivity contribution is 7.87. The van der Waals surface area contributed by atoms with Crippen molar-refractivity contribution in [3.63, 3.8) is 0 Å². The van der Waals surface area contributed by atoms with Gasteiger partial charge in [0, 0.05) is 0 Å². The van der Waals surface area contributed by atoms with Crippen molar-refractivity contribution >= 4 is 22.1 Å². The fourth-order valence-electron chi connectivity index (χ4n) is 1.84. The van der Waals surface area contributed by atoms with Gasteiger partial charge in [-0.3, -0.25) is 14.1 Å². The molecule has 21 heavy (non-hydrogen) atoms. The van der Waals surface area contributed by atoms with Crippen molar-refractivity contribution in [2.24, 2.45) is 0 Å². The molecule has 0 aromatic heterocycles. The molecule has 0 aromatic rings. The molecular weight excluding hydrogens is 300 g/mol. The Hall–Kier alpha value is -1.15. The first kappa shape index (κ1) is 19.9. The fourth-order valence-corrected chi connectivity index (χ4v) is 2.49. The van der Waals surface area contributed by atoms with Crippen LogP contribution in [0.2, 0.25) is 0 Å². The van der Waals surface area contributed by atoms with E-state index in [1.165, 1.54) is 0 Å². The van der Waals surface area contributed by atoms with E-state index in [1.807, 2.05) is 0 Å². The molecule has 0 saturated heterocycles. The van der Waals surface area contributed by atoms with Gasteiger partial charge in [0.2, 0.25) is 0 Å². The lowest BCUT2D eigenvalue weighted by Crippen LogP contribution is -2.35. The van der Waals surface area contributed by atoms with E-state index in [-0.39, 0.29) is 0 Å². The molecule has 0 saturated carbocycles. The van der Waals surface area contributed by atoms with Crippen LogP contribution in [0.25, 0.3) is 0 Å². The summed E-state index contributed by atoms with van der Waals surface area (Å²) >= 11 is 0. The molecule has 0 aromatic carbocycles. The Morgan fingerprint density at radius 3 is 2.19 bits per heavy atom. The van der Waals surface area contributed by atoms with E-state index in [2.05, 4.69) is 6.92 Å². The second-order valence-electron chi connectivity index (χ2n) is 5.05. The molecule has 0 spiro atoms. The average molecular weight is 324 g/mol. The largest absolute Gasteiger partial charge is 0.481 e. The van der Waals surface area contributed by atoms with Gasteiger partial charge in [-0.05, 0) is 19.8 Å². The second-order valence-corrected chi connectivity index (χ2v) is 6.65. The van der Waals surface area contributed by atoms with Crippen molar-refractivity contribution in [3.8, 4) is 0 Å². The lowest BCUT2D eigenvalue weighted by Gasteiger charge is -2.16. The standard InChI is InChI=1S/C13H24O7S/c1-3-4-5-6-7-8-10(2)20-13(16)11(9-12(14)15)21(17,18)19/h10-11H,3-9H2,1-2H3,(H,14,15)(H,17,18,19). The van der Waals surface area contributed by atoms with Gasteiger partial charge in [0.1, 0.15) is 0 Å². The molecule has 2 atom stereocenters. The van der Waals surface area contributed by atoms with E-state index in [4.69, 9.17) is 14.4 Å². The van der Waals surface area contributed by atoms with Gasteiger partial charge in [-0.25, -0.2) is 0 Å². The zero-order chi connectivity index (χ0) is 16.5. The van der Waals surface area contributed by atoms with E-state index in [0.29, 0.717) is 6.42 Å². The molecule has 0 radical (unpaired) electrons. The first-order chi connectivity index (χ1) is 9.68. The predicted molar refractivity (Wildman–Crippen MR) is 76.5 cm³/mol. The number of esters is 1. The summed E-state index contributed by atoms with van der Waals surface area (Å²) < 4.78 is 35.8. The summed E-state index contributed by atoms with van der Waals surface area (Å²) in [4.78, 5) is 22.2. The number of carbonyl (C=O) groups is 2. The van der Waals surface area contributed by atoms with Crippen LogP contribution in [0.5, 0.6) is 0 Å². The minimum Gasteiger partial charge on any atom is -0.481 e. The maximum Gasteiger partial charge on any atom is 0.327 e. The highest BCUT2D eigenvalue weighted by atomic mass is 32.2. The van der Waals surface area contributed by atoms with Crippen LogP contribution in [-0.4, -0.2) is 41.4 Å². The summed E-state index contributed by atoms with van der Waals surface area (Å²) in [6.45, 7) is 3.71. The van der Waals surface area contributed by atoms with Gasteiger partial charge in [0.25, 0.3) is 10.1 Å². The number of rotatable bonds is 11. The third-order valence-corrected chi connectivity index (χ3v) is 4.09. The van der Waals surface area contributed by atoms with Crippen molar-refractivity contribution in [3.05, 3.63) is 0 Å². The molecule has 0 aliphatic carbocycles. The monoisotopic (exact) mass is 324 g/mol. The molecule has 2 N–H and O–H groups in total. The number of ether oxygens (including phenoxy) is 1. The number of carboxylic acid groups (broad SMARTS) is 1. The Balaban J connectivity index is 4.32. The Kier molecular flexibility index (Phi) is 9.19. The normalized spacial score (nSPS) is 14.4. The summed E-state index contributed by atoms with van der Waals surface area (Å²) in [5.41, 5.74) is 0. The van der Waals surface area contributed by atoms with Crippen LogP contribution in [0.4, 0.5) is 0 Å². The van der Waals surface area contributed by atoms with Crippen LogP contribution in [0.1, 0.15) is 58.8 Å². The summed E-state index contributed by atoms with van der Waals surface area (Å²) in [6, 6.07) is 0. The molecular formula is C13H24O7S. The lowest BCUT2D eigenvalue weighted by molar-refractivity contribution is -0.151. The molecule has 124 valence electrons. The van der Waals surface area contributed by atoms with Gasteiger partial charge in [0.05, 0.1) is 12.5 Å². The Labute approximate surface area is 125 Å². The molecule has 2 unspecified atom stereocenters. The third kappa shape index (κ3) is 9.41. The summed E-state index contributed by atoms with van der Waals surface area (Å²) in [7, 11) is -4.79. The predicted octanol–water partition coefficient (Wildman–Crippen LogP) is 2.01. The number of carboxylic acids is 1. The third-order valence-electron chi connectivity index (χ3n) is 3.01. The van der Waals surface area contributed by atoms with Crippen LogP contribution in [-0.2, 0) is 24.4 Å². The molecule has 0 aliphatic heterocycles. The van der Waals surface area contributed by atoms with E-state index >= 15 is 0 Å². The van der Waals surface area contributed by atoms with E-state index in [0.717, 1.165) is 32.1 Å². The summed E-state index contributed by atoms with van der Waals surface area (Å²) in [5, 5.41) is 6.50. The quantitative estimate of drug-likeness (QED) is 0.339. The molecule has 0 amide bonds. The number of hydrogen-bond donors (Lipinski definition) is 2. The van der Waals surface area contributed by atoms with Crippen molar-refractivity contribution in [2.45, 2.75) is 70.1 Å². The van der Waals surface area contributed by atoms with Crippen LogP contribution in [0, 0.1) is 0 Å². The molecule has 0 fully saturated rings. The molecule has 0 bridgehead atoms. The SMILES string of the molecule is CCCCCCCC(C)OC(=O)C(CC(=O)O)S(=O)(=O)O. The van der Waals surface area contributed by atoms with Crippen molar-refractivity contribution in [1.82, 2.24) is 0 Å². The van der Waals surface area contributed by atoms with Crippen molar-refractivity contribution in [1.29, 1.82) is 0 Å². The number of carbonyl (C=O) groups excluding carboxylic acids is 1. The Bertz CT molecular complexity index is 430.